The molecule has 2 N–H and O–H groups in total. The van der Waals surface area contributed by atoms with E-state index in [-0.39, 0.29) is 5.91 Å². The van der Waals surface area contributed by atoms with Crippen LogP contribution < -0.4 is 10.6 Å². The van der Waals surface area contributed by atoms with Crippen molar-refractivity contribution >= 4 is 5.91 Å². The summed E-state index contributed by atoms with van der Waals surface area (Å²) in [5, 5.41) is 6.61. The summed E-state index contributed by atoms with van der Waals surface area (Å²) in [4.78, 5) is 14.4. The Labute approximate surface area is 117 Å². The minimum atomic E-state index is 0.247. The summed E-state index contributed by atoms with van der Waals surface area (Å²) in [7, 11) is 0. The van der Waals surface area contributed by atoms with Gasteiger partial charge in [-0.2, -0.15) is 0 Å². The zero-order chi connectivity index (χ0) is 13.5. The van der Waals surface area contributed by atoms with Crippen molar-refractivity contribution in [1.29, 1.82) is 0 Å². The van der Waals surface area contributed by atoms with Crippen molar-refractivity contribution < 1.29 is 4.79 Å². The van der Waals surface area contributed by atoms with Crippen LogP contribution in [0.1, 0.15) is 45.4 Å². The molecule has 0 aromatic carbocycles. The van der Waals surface area contributed by atoms with E-state index in [4.69, 9.17) is 0 Å². The van der Waals surface area contributed by atoms with E-state index < -0.39 is 0 Å². The molecule has 0 aromatic rings. The van der Waals surface area contributed by atoms with Gasteiger partial charge in [-0.3, -0.25) is 4.79 Å². The third-order valence-corrected chi connectivity index (χ3v) is 4.47. The normalized spacial score (nSPS) is 29.7. The Morgan fingerprint density at radius 1 is 1.21 bits per heavy atom. The minimum Gasteiger partial charge on any atom is -0.353 e. The van der Waals surface area contributed by atoms with Gasteiger partial charge in [0.25, 0.3) is 0 Å². The van der Waals surface area contributed by atoms with Crippen molar-refractivity contribution in [1.82, 2.24) is 15.5 Å². The zero-order valence-electron chi connectivity index (χ0n) is 12.3. The van der Waals surface area contributed by atoms with Gasteiger partial charge >= 0.3 is 0 Å². The maximum Gasteiger partial charge on any atom is 0.221 e. The molecular weight excluding hydrogens is 238 g/mol. The van der Waals surface area contributed by atoms with Crippen LogP contribution in [0.4, 0.5) is 0 Å². The van der Waals surface area contributed by atoms with E-state index in [2.05, 4.69) is 22.5 Å². The van der Waals surface area contributed by atoms with Crippen molar-refractivity contribution in [3.05, 3.63) is 0 Å². The van der Waals surface area contributed by atoms with Gasteiger partial charge in [0.1, 0.15) is 0 Å². The summed E-state index contributed by atoms with van der Waals surface area (Å²) in [6, 6.07) is 0.439. The van der Waals surface area contributed by atoms with Crippen LogP contribution in [-0.4, -0.2) is 49.6 Å². The fourth-order valence-electron chi connectivity index (χ4n) is 3.09. The lowest BCUT2D eigenvalue weighted by Gasteiger charge is -2.27. The topological polar surface area (TPSA) is 44.4 Å². The highest BCUT2D eigenvalue weighted by Gasteiger charge is 2.20. The average Bonchev–Trinajstić information content (AvgIpc) is 2.68. The van der Waals surface area contributed by atoms with Gasteiger partial charge in [0.15, 0.2) is 0 Å². The summed E-state index contributed by atoms with van der Waals surface area (Å²) < 4.78 is 0. The molecule has 1 aliphatic carbocycles. The highest BCUT2D eigenvalue weighted by molar-refractivity contribution is 5.76. The molecule has 2 fully saturated rings. The molecule has 2 rings (SSSR count). The predicted molar refractivity (Wildman–Crippen MR) is 78.1 cm³/mol. The Morgan fingerprint density at radius 3 is 2.79 bits per heavy atom. The van der Waals surface area contributed by atoms with Crippen LogP contribution >= 0.6 is 0 Å². The molecule has 0 bridgehead atoms. The molecule has 1 heterocycles. The molecule has 0 radical (unpaired) electrons. The Kier molecular flexibility index (Phi) is 6.11. The molecule has 0 aromatic heterocycles. The van der Waals surface area contributed by atoms with E-state index in [1.54, 1.807) is 0 Å². The Balaban J connectivity index is 1.61. The van der Waals surface area contributed by atoms with Gasteiger partial charge in [-0.25, -0.2) is 0 Å². The molecule has 0 spiro atoms. The molecule has 110 valence electrons. The Morgan fingerprint density at radius 2 is 2.00 bits per heavy atom. The molecule has 2 aliphatic rings. The number of rotatable bonds is 4. The fourth-order valence-corrected chi connectivity index (χ4v) is 3.09. The second kappa shape index (κ2) is 7.85. The molecule has 1 saturated heterocycles. The van der Waals surface area contributed by atoms with Crippen LogP contribution in [0.25, 0.3) is 0 Å². The maximum atomic E-state index is 12.0. The van der Waals surface area contributed by atoms with E-state index in [9.17, 15) is 4.79 Å². The van der Waals surface area contributed by atoms with Gasteiger partial charge in [0, 0.05) is 32.1 Å². The largest absolute Gasteiger partial charge is 0.353 e. The van der Waals surface area contributed by atoms with Gasteiger partial charge in [-0.05, 0) is 51.1 Å². The summed E-state index contributed by atoms with van der Waals surface area (Å²) >= 11 is 0. The van der Waals surface area contributed by atoms with E-state index in [1.807, 2.05) is 0 Å². The monoisotopic (exact) mass is 267 g/mol. The van der Waals surface area contributed by atoms with E-state index in [0.717, 1.165) is 38.6 Å². The Bertz CT molecular complexity index is 267. The minimum absolute atomic E-state index is 0.247. The standard InChI is InChI=1S/C15H29N3O/c1-13-3-5-14(6-4-13)17-15(19)7-11-18-10-2-8-16-9-12-18/h13-14,16H,2-12H2,1H3,(H,17,19). The third kappa shape index (κ3) is 5.49. The van der Waals surface area contributed by atoms with Crippen molar-refractivity contribution in [2.75, 3.05) is 32.7 Å². The molecule has 4 heteroatoms. The lowest BCUT2D eigenvalue weighted by molar-refractivity contribution is -0.122. The Hall–Kier alpha value is -0.610. The van der Waals surface area contributed by atoms with Crippen molar-refractivity contribution in [2.24, 2.45) is 5.92 Å². The van der Waals surface area contributed by atoms with Crippen molar-refractivity contribution in [3.8, 4) is 0 Å². The van der Waals surface area contributed by atoms with E-state index in [0.29, 0.717) is 12.5 Å². The highest BCUT2D eigenvalue weighted by Crippen LogP contribution is 2.23. The summed E-state index contributed by atoms with van der Waals surface area (Å²) in [6.07, 6.45) is 6.72. The highest BCUT2D eigenvalue weighted by atomic mass is 16.1. The number of carbonyl (C=O) groups is 1. The van der Waals surface area contributed by atoms with Gasteiger partial charge in [-0.1, -0.05) is 6.92 Å². The SMILES string of the molecule is CC1CCC(NC(=O)CCN2CCCNCC2)CC1. The molecule has 1 aliphatic heterocycles. The number of nitrogens with one attached hydrogen (secondary N) is 2. The first kappa shape index (κ1) is 14.8. The van der Waals surface area contributed by atoms with E-state index in [1.165, 1.54) is 32.1 Å². The second-order valence-electron chi connectivity index (χ2n) is 6.22. The molecule has 4 nitrogen and oxygen atoms in total. The number of hydrogen-bond donors (Lipinski definition) is 2. The van der Waals surface area contributed by atoms with E-state index >= 15 is 0 Å². The van der Waals surface area contributed by atoms with Gasteiger partial charge in [0.2, 0.25) is 5.91 Å². The molecular formula is C15H29N3O. The van der Waals surface area contributed by atoms with Crippen LogP contribution in [0.2, 0.25) is 0 Å². The van der Waals surface area contributed by atoms with Crippen LogP contribution in [0.3, 0.4) is 0 Å². The lowest BCUT2D eigenvalue weighted by atomic mass is 9.87. The molecule has 19 heavy (non-hydrogen) atoms. The molecule has 1 amide bonds. The predicted octanol–water partition coefficient (Wildman–Crippen LogP) is 1.37. The van der Waals surface area contributed by atoms with Crippen LogP contribution in [-0.2, 0) is 4.79 Å². The first-order chi connectivity index (χ1) is 9.24. The quantitative estimate of drug-likeness (QED) is 0.808. The average molecular weight is 267 g/mol. The molecule has 1 saturated carbocycles. The first-order valence-electron chi connectivity index (χ1n) is 7.96. The lowest BCUT2D eigenvalue weighted by Crippen LogP contribution is -2.39. The fraction of sp³-hybridized carbons (Fsp3) is 0.933. The second-order valence-corrected chi connectivity index (χ2v) is 6.22. The number of hydrogen-bond acceptors (Lipinski definition) is 3. The summed E-state index contributed by atoms with van der Waals surface area (Å²) in [5.41, 5.74) is 0. The maximum absolute atomic E-state index is 12.0. The van der Waals surface area contributed by atoms with Crippen molar-refractivity contribution in [3.63, 3.8) is 0 Å². The number of amides is 1. The summed E-state index contributed by atoms with van der Waals surface area (Å²) in [6.45, 7) is 7.60. The first-order valence-corrected chi connectivity index (χ1v) is 7.96. The van der Waals surface area contributed by atoms with Crippen LogP contribution in [0, 0.1) is 5.92 Å². The van der Waals surface area contributed by atoms with Gasteiger partial charge < -0.3 is 15.5 Å². The smallest absolute Gasteiger partial charge is 0.221 e. The number of carbonyl (C=O) groups excluding carboxylic acids is 1. The van der Waals surface area contributed by atoms with Crippen LogP contribution in [0.5, 0.6) is 0 Å². The number of nitrogens with zero attached hydrogens (tertiary/aromatic N) is 1. The molecule has 0 unspecified atom stereocenters. The van der Waals surface area contributed by atoms with Gasteiger partial charge in [0.05, 0.1) is 0 Å². The summed E-state index contributed by atoms with van der Waals surface area (Å²) in [5.74, 6) is 1.09. The van der Waals surface area contributed by atoms with Gasteiger partial charge in [-0.15, -0.1) is 0 Å². The van der Waals surface area contributed by atoms with Crippen molar-refractivity contribution in [2.45, 2.75) is 51.5 Å². The van der Waals surface area contributed by atoms with Crippen LogP contribution in [0.15, 0.2) is 0 Å². The third-order valence-electron chi connectivity index (χ3n) is 4.47. The molecule has 0 atom stereocenters. The zero-order valence-corrected chi connectivity index (χ0v) is 12.3.